The fourth-order valence-electron chi connectivity index (χ4n) is 3.27. The summed E-state index contributed by atoms with van der Waals surface area (Å²) in [5.74, 6) is -10.3. The minimum Gasteiger partial charge on any atom is -0.488 e. The highest BCUT2D eigenvalue weighted by atomic mass is 19.2. The summed E-state index contributed by atoms with van der Waals surface area (Å²) in [6.07, 6.45) is 1.13. The number of halogens is 5. The van der Waals surface area contributed by atoms with E-state index in [-0.39, 0.29) is 12.3 Å². The predicted octanol–water partition coefficient (Wildman–Crippen LogP) is 6.47. The van der Waals surface area contributed by atoms with E-state index < -0.39 is 39.7 Å². The maximum Gasteiger partial charge on any atom is 0.269 e. The van der Waals surface area contributed by atoms with Gasteiger partial charge in [0.1, 0.15) is 18.0 Å². The zero-order chi connectivity index (χ0) is 25.1. The molecule has 0 atom stereocenters. The van der Waals surface area contributed by atoms with E-state index in [1.54, 1.807) is 36.4 Å². The van der Waals surface area contributed by atoms with Gasteiger partial charge in [-0.2, -0.15) is 5.10 Å². The van der Waals surface area contributed by atoms with E-state index in [9.17, 15) is 32.1 Å². The highest BCUT2D eigenvalue weighted by Crippen LogP contribution is 2.29. The van der Waals surface area contributed by atoms with Crippen LogP contribution < -0.4 is 10.2 Å². The Balaban J connectivity index is 1.64. The van der Waals surface area contributed by atoms with Gasteiger partial charge in [0.05, 0.1) is 11.1 Å². The maximum atomic E-state index is 13.9. The van der Waals surface area contributed by atoms with Crippen molar-refractivity contribution in [3.63, 3.8) is 0 Å². The quantitative estimate of drug-likeness (QED) is 0.0810. The van der Waals surface area contributed by atoms with Crippen molar-refractivity contribution < 1.29 is 31.6 Å². The SMILES string of the molecule is O=[N+]([O-])c1ccc(COc2ccc3ccccc3c2/C=N\Nc2c(F)c(F)c(F)c(F)c2F)cc1. The van der Waals surface area contributed by atoms with Gasteiger partial charge in [-0.3, -0.25) is 15.5 Å². The van der Waals surface area contributed by atoms with E-state index in [1.807, 2.05) is 5.43 Å². The van der Waals surface area contributed by atoms with Crippen molar-refractivity contribution in [2.24, 2.45) is 5.10 Å². The number of fused-ring (bicyclic) bond motifs is 1. The number of benzene rings is 4. The predicted molar refractivity (Wildman–Crippen MR) is 119 cm³/mol. The van der Waals surface area contributed by atoms with E-state index in [4.69, 9.17) is 4.74 Å². The Kier molecular flexibility index (Phi) is 6.58. The van der Waals surface area contributed by atoms with E-state index in [0.29, 0.717) is 22.3 Å². The summed E-state index contributed by atoms with van der Waals surface area (Å²) in [6, 6.07) is 16.1. The first-order valence-corrected chi connectivity index (χ1v) is 9.96. The third-order valence-electron chi connectivity index (χ3n) is 5.05. The van der Waals surface area contributed by atoms with Crippen LogP contribution in [0.15, 0.2) is 65.8 Å². The van der Waals surface area contributed by atoms with Crippen LogP contribution >= 0.6 is 0 Å². The Morgan fingerprint density at radius 3 is 2.14 bits per heavy atom. The van der Waals surface area contributed by atoms with E-state index in [0.717, 1.165) is 11.6 Å². The number of nitro groups is 1. The van der Waals surface area contributed by atoms with Gasteiger partial charge in [0.2, 0.25) is 5.82 Å². The van der Waals surface area contributed by atoms with Crippen molar-refractivity contribution >= 4 is 28.4 Å². The molecule has 0 saturated heterocycles. The standard InChI is InChI=1S/C24H14F5N3O3/c25-19-20(26)22(28)24(23(29)21(19)27)31-30-11-17-16-4-2-1-3-14(16)7-10-18(17)35-12-13-5-8-15(9-6-13)32(33)34/h1-11,31H,12H2/b30-11-. The number of hydrogen-bond donors (Lipinski definition) is 1. The number of ether oxygens (including phenoxy) is 1. The van der Waals surface area contributed by atoms with Gasteiger partial charge < -0.3 is 4.74 Å². The largest absolute Gasteiger partial charge is 0.488 e. The summed E-state index contributed by atoms with van der Waals surface area (Å²) in [7, 11) is 0. The molecule has 4 rings (SSSR count). The molecule has 1 N–H and O–H groups in total. The third kappa shape index (κ3) is 4.74. The molecule has 0 saturated carbocycles. The van der Waals surface area contributed by atoms with E-state index in [2.05, 4.69) is 5.10 Å². The van der Waals surface area contributed by atoms with Crippen molar-refractivity contribution in [3.8, 4) is 5.75 Å². The van der Waals surface area contributed by atoms with Crippen LogP contribution in [0.4, 0.5) is 33.3 Å². The third-order valence-corrected chi connectivity index (χ3v) is 5.05. The number of nitrogens with one attached hydrogen (secondary N) is 1. The highest BCUT2D eigenvalue weighted by Gasteiger charge is 2.25. The fourth-order valence-corrected chi connectivity index (χ4v) is 3.27. The van der Waals surface area contributed by atoms with Gasteiger partial charge >= 0.3 is 0 Å². The lowest BCUT2D eigenvalue weighted by atomic mass is 10.0. The Hall–Kier alpha value is -4.54. The van der Waals surface area contributed by atoms with Gasteiger partial charge in [-0.05, 0) is 34.5 Å². The molecule has 0 aliphatic heterocycles. The summed E-state index contributed by atoms with van der Waals surface area (Å²) < 4.78 is 73.8. The first-order chi connectivity index (χ1) is 16.8. The van der Waals surface area contributed by atoms with Gasteiger partial charge in [-0.1, -0.05) is 30.3 Å². The second kappa shape index (κ2) is 9.75. The number of hydrazone groups is 1. The summed E-state index contributed by atoms with van der Waals surface area (Å²) in [6.45, 7) is 0.0300. The Labute approximate surface area is 194 Å². The molecule has 0 aliphatic rings. The Morgan fingerprint density at radius 2 is 1.49 bits per heavy atom. The van der Waals surface area contributed by atoms with Gasteiger partial charge in [0.25, 0.3) is 5.69 Å². The second-order valence-electron chi connectivity index (χ2n) is 7.23. The van der Waals surface area contributed by atoms with Gasteiger partial charge in [-0.15, -0.1) is 0 Å². The van der Waals surface area contributed by atoms with E-state index in [1.165, 1.54) is 24.3 Å². The van der Waals surface area contributed by atoms with Crippen LogP contribution in [0.5, 0.6) is 5.75 Å². The molecule has 35 heavy (non-hydrogen) atoms. The van der Waals surface area contributed by atoms with Crippen LogP contribution in [0.2, 0.25) is 0 Å². The van der Waals surface area contributed by atoms with Gasteiger partial charge in [0.15, 0.2) is 23.3 Å². The smallest absolute Gasteiger partial charge is 0.269 e. The molecule has 178 valence electrons. The van der Waals surface area contributed by atoms with Crippen molar-refractivity contribution in [2.45, 2.75) is 6.61 Å². The first-order valence-electron chi connectivity index (χ1n) is 9.96. The molecule has 11 heteroatoms. The van der Waals surface area contributed by atoms with Crippen LogP contribution in [0.1, 0.15) is 11.1 Å². The molecule has 0 fully saturated rings. The molecule has 0 aliphatic carbocycles. The zero-order valence-corrected chi connectivity index (χ0v) is 17.6. The molecular formula is C24H14F5N3O3. The molecule has 0 unspecified atom stereocenters. The average molecular weight is 487 g/mol. The molecule has 0 radical (unpaired) electrons. The lowest BCUT2D eigenvalue weighted by molar-refractivity contribution is -0.384. The van der Waals surface area contributed by atoms with Crippen molar-refractivity contribution in [3.05, 3.63) is 111 Å². The topological polar surface area (TPSA) is 76.8 Å². The molecule has 0 bridgehead atoms. The molecule has 4 aromatic carbocycles. The minimum absolute atomic E-state index is 0.0300. The Morgan fingerprint density at radius 1 is 0.857 bits per heavy atom. The van der Waals surface area contributed by atoms with Crippen molar-refractivity contribution in [1.29, 1.82) is 0 Å². The van der Waals surface area contributed by atoms with Gasteiger partial charge in [-0.25, -0.2) is 22.0 Å². The molecule has 0 aromatic heterocycles. The monoisotopic (exact) mass is 487 g/mol. The number of non-ortho nitro benzene ring substituents is 1. The van der Waals surface area contributed by atoms with Gasteiger partial charge in [0, 0.05) is 17.7 Å². The molecule has 6 nitrogen and oxygen atoms in total. The minimum atomic E-state index is -2.27. The number of anilines is 1. The van der Waals surface area contributed by atoms with Crippen LogP contribution in [-0.2, 0) is 6.61 Å². The van der Waals surface area contributed by atoms with E-state index >= 15 is 0 Å². The van der Waals surface area contributed by atoms with Crippen molar-refractivity contribution in [1.82, 2.24) is 0 Å². The van der Waals surface area contributed by atoms with Crippen LogP contribution in [-0.4, -0.2) is 11.1 Å². The molecule has 0 spiro atoms. The van der Waals surface area contributed by atoms with Crippen LogP contribution in [0.25, 0.3) is 10.8 Å². The molecule has 0 amide bonds. The number of nitrogens with zero attached hydrogens (tertiary/aromatic N) is 2. The lowest BCUT2D eigenvalue weighted by Gasteiger charge is -2.12. The van der Waals surface area contributed by atoms with Crippen LogP contribution in [0, 0.1) is 39.2 Å². The maximum absolute atomic E-state index is 13.9. The van der Waals surface area contributed by atoms with Crippen molar-refractivity contribution in [2.75, 3.05) is 5.43 Å². The zero-order valence-electron chi connectivity index (χ0n) is 17.6. The van der Waals surface area contributed by atoms with Crippen LogP contribution in [0.3, 0.4) is 0 Å². The fraction of sp³-hybridized carbons (Fsp3) is 0.0417. The Bertz CT molecular complexity index is 1430. The molecular weight excluding hydrogens is 473 g/mol. The summed E-state index contributed by atoms with van der Waals surface area (Å²) >= 11 is 0. The lowest BCUT2D eigenvalue weighted by Crippen LogP contribution is -2.07. The highest BCUT2D eigenvalue weighted by molar-refractivity contribution is 6.02. The average Bonchev–Trinajstić information content (AvgIpc) is 2.87. The first kappa shape index (κ1) is 23.6. The summed E-state index contributed by atoms with van der Waals surface area (Å²) in [5, 5.41) is 15.9. The number of nitro benzene ring substituents is 1. The molecule has 0 heterocycles. The second-order valence-corrected chi connectivity index (χ2v) is 7.23. The number of rotatable bonds is 7. The molecule has 4 aromatic rings. The summed E-state index contributed by atoms with van der Waals surface area (Å²) in [5.41, 5.74) is 1.49. The number of hydrogen-bond acceptors (Lipinski definition) is 5. The summed E-state index contributed by atoms with van der Waals surface area (Å²) in [4.78, 5) is 10.3. The normalized spacial score (nSPS) is 11.2.